The third kappa shape index (κ3) is 3.23. The van der Waals surface area contributed by atoms with Gasteiger partial charge >= 0.3 is 5.97 Å². The van der Waals surface area contributed by atoms with Crippen LogP contribution in [0.15, 0.2) is 24.5 Å². The molecule has 8 heteroatoms. The van der Waals surface area contributed by atoms with Crippen molar-refractivity contribution in [2.24, 2.45) is 0 Å². The zero-order chi connectivity index (χ0) is 18.7. The molecule has 1 aromatic carbocycles. The van der Waals surface area contributed by atoms with Crippen LogP contribution in [-0.4, -0.2) is 35.9 Å². The number of thiophene rings is 1. The first-order valence-electron chi connectivity index (χ1n) is 7.81. The average Bonchev–Trinajstić information content (AvgIpc) is 3.00. The number of esters is 1. The predicted octanol–water partition coefficient (Wildman–Crippen LogP) is 3.79. The number of hydrogen-bond donors (Lipinski definition) is 0. The molecule has 0 radical (unpaired) electrons. The van der Waals surface area contributed by atoms with Crippen LogP contribution in [0.25, 0.3) is 10.2 Å². The van der Waals surface area contributed by atoms with E-state index in [0.29, 0.717) is 50.2 Å². The topological polar surface area (TPSA) is 87.6 Å². The predicted molar refractivity (Wildman–Crippen MR) is 96.6 cm³/mol. The molecule has 0 unspecified atom stereocenters. The summed E-state index contributed by atoms with van der Waals surface area (Å²) in [5, 5.41) is 0.641. The number of carbonyl (C=O) groups excluding carboxylic acids is 2. The van der Waals surface area contributed by atoms with Gasteiger partial charge in [-0.3, -0.25) is 4.79 Å². The first kappa shape index (κ1) is 17.8. The van der Waals surface area contributed by atoms with E-state index < -0.39 is 5.97 Å². The lowest BCUT2D eigenvalue weighted by molar-refractivity contribution is 0.0531. The molecule has 3 aromatic rings. The number of nitrogens with zero attached hydrogens (tertiary/aromatic N) is 2. The van der Waals surface area contributed by atoms with Crippen molar-refractivity contribution in [2.75, 3.05) is 13.7 Å². The number of hydrogen-bond acceptors (Lipinski definition) is 8. The Morgan fingerprint density at radius 2 is 2.08 bits per heavy atom. The zero-order valence-corrected chi connectivity index (χ0v) is 15.3. The summed E-state index contributed by atoms with van der Waals surface area (Å²) in [6, 6.07) is 4.82. The molecule has 26 heavy (non-hydrogen) atoms. The van der Waals surface area contributed by atoms with Crippen molar-refractivity contribution in [3.05, 3.63) is 40.5 Å². The van der Waals surface area contributed by atoms with E-state index in [0.717, 1.165) is 6.29 Å². The molecule has 0 saturated heterocycles. The van der Waals surface area contributed by atoms with Gasteiger partial charge in [-0.2, -0.15) is 0 Å². The van der Waals surface area contributed by atoms with Crippen LogP contribution < -0.4 is 9.47 Å². The van der Waals surface area contributed by atoms with E-state index in [4.69, 9.17) is 14.2 Å². The zero-order valence-electron chi connectivity index (χ0n) is 14.4. The molecule has 0 bridgehead atoms. The number of methoxy groups -OCH3 is 1. The third-order valence-electron chi connectivity index (χ3n) is 3.68. The highest BCUT2D eigenvalue weighted by atomic mass is 32.1. The molecular weight excluding hydrogens is 356 g/mol. The molecule has 2 aromatic heterocycles. The molecule has 0 aliphatic carbocycles. The maximum absolute atomic E-state index is 12.1. The molecule has 134 valence electrons. The van der Waals surface area contributed by atoms with Crippen LogP contribution in [0.3, 0.4) is 0 Å². The van der Waals surface area contributed by atoms with Gasteiger partial charge in [0.1, 0.15) is 22.3 Å². The summed E-state index contributed by atoms with van der Waals surface area (Å²) in [5.41, 5.74) is 1.17. The summed E-state index contributed by atoms with van der Waals surface area (Å²) in [7, 11) is 1.49. The number of fused-ring (bicyclic) bond motifs is 1. The van der Waals surface area contributed by atoms with Crippen LogP contribution >= 0.6 is 11.3 Å². The minimum atomic E-state index is -0.396. The highest BCUT2D eigenvalue weighted by molar-refractivity contribution is 7.20. The SMILES string of the molecule is CCOC(=O)c1sc2ncnc(Oc3ccc(C=O)cc3OC)c2c1C. The van der Waals surface area contributed by atoms with E-state index in [-0.39, 0.29) is 0 Å². The van der Waals surface area contributed by atoms with Crippen molar-refractivity contribution >= 4 is 33.8 Å². The Kier molecular flexibility index (Phi) is 5.13. The first-order chi connectivity index (χ1) is 12.6. The average molecular weight is 372 g/mol. The first-order valence-corrected chi connectivity index (χ1v) is 8.63. The fourth-order valence-corrected chi connectivity index (χ4v) is 3.49. The van der Waals surface area contributed by atoms with Gasteiger partial charge in [0.05, 0.1) is 19.1 Å². The standard InChI is InChI=1S/C18H16N2O5S/c1-4-24-18(22)15-10(2)14-16(19-9-20-17(14)26-15)25-12-6-5-11(8-21)7-13(12)23-3/h5-9H,4H2,1-3H3. The number of aldehydes is 1. The van der Waals surface area contributed by atoms with Crippen LogP contribution in [0, 0.1) is 6.92 Å². The van der Waals surface area contributed by atoms with Crippen molar-refractivity contribution < 1.29 is 23.8 Å². The second-order valence-electron chi connectivity index (χ2n) is 5.27. The Morgan fingerprint density at radius 3 is 2.77 bits per heavy atom. The van der Waals surface area contributed by atoms with E-state index in [9.17, 15) is 9.59 Å². The number of aromatic nitrogens is 2. The van der Waals surface area contributed by atoms with Crippen LogP contribution in [0.2, 0.25) is 0 Å². The second-order valence-corrected chi connectivity index (χ2v) is 6.26. The fourth-order valence-electron chi connectivity index (χ4n) is 2.45. The summed E-state index contributed by atoms with van der Waals surface area (Å²) in [6.45, 7) is 3.85. The Labute approximate surface area is 153 Å². The van der Waals surface area contributed by atoms with Crippen LogP contribution in [0.4, 0.5) is 0 Å². The lowest BCUT2D eigenvalue weighted by Crippen LogP contribution is -2.03. The number of ether oxygens (including phenoxy) is 3. The normalized spacial score (nSPS) is 10.6. The van der Waals surface area contributed by atoms with Crippen LogP contribution in [0.1, 0.15) is 32.5 Å². The van der Waals surface area contributed by atoms with Crippen molar-refractivity contribution in [3.63, 3.8) is 0 Å². The van der Waals surface area contributed by atoms with Gasteiger partial charge in [-0.15, -0.1) is 11.3 Å². The molecule has 0 aliphatic heterocycles. The quantitative estimate of drug-likeness (QED) is 0.480. The van der Waals surface area contributed by atoms with Gasteiger partial charge in [0, 0.05) is 5.56 Å². The summed E-state index contributed by atoms with van der Waals surface area (Å²) < 4.78 is 16.3. The largest absolute Gasteiger partial charge is 0.493 e. The van der Waals surface area contributed by atoms with Gasteiger partial charge in [0.25, 0.3) is 0 Å². The highest BCUT2D eigenvalue weighted by Crippen LogP contribution is 2.38. The number of carbonyl (C=O) groups is 2. The van der Waals surface area contributed by atoms with Crippen LogP contribution in [0.5, 0.6) is 17.4 Å². The highest BCUT2D eigenvalue weighted by Gasteiger charge is 2.21. The molecular formula is C18H16N2O5S. The molecule has 0 aliphatic rings. The smallest absolute Gasteiger partial charge is 0.348 e. The minimum Gasteiger partial charge on any atom is -0.493 e. The van der Waals surface area contributed by atoms with Crippen molar-refractivity contribution in [2.45, 2.75) is 13.8 Å². The number of rotatable bonds is 6. The summed E-state index contributed by atoms with van der Waals surface area (Å²) in [4.78, 5) is 32.6. The molecule has 3 rings (SSSR count). The Hall–Kier alpha value is -3.00. The molecule has 0 amide bonds. The number of benzene rings is 1. The summed E-state index contributed by atoms with van der Waals surface area (Å²) in [5.74, 6) is 0.713. The number of aryl methyl sites for hydroxylation is 1. The maximum atomic E-state index is 12.1. The monoisotopic (exact) mass is 372 g/mol. The third-order valence-corrected chi connectivity index (χ3v) is 4.86. The molecule has 7 nitrogen and oxygen atoms in total. The van der Waals surface area contributed by atoms with Gasteiger partial charge < -0.3 is 14.2 Å². The Bertz CT molecular complexity index is 983. The molecule has 2 heterocycles. The molecule has 0 N–H and O–H groups in total. The molecule has 0 spiro atoms. The van der Waals surface area contributed by atoms with Crippen molar-refractivity contribution in [1.29, 1.82) is 0 Å². The maximum Gasteiger partial charge on any atom is 0.348 e. The van der Waals surface area contributed by atoms with Gasteiger partial charge in [-0.1, -0.05) is 0 Å². The van der Waals surface area contributed by atoms with Gasteiger partial charge in [-0.25, -0.2) is 14.8 Å². The van der Waals surface area contributed by atoms with Crippen LogP contribution in [-0.2, 0) is 4.74 Å². The van der Waals surface area contributed by atoms with E-state index in [1.54, 1.807) is 32.0 Å². The van der Waals surface area contributed by atoms with E-state index in [1.807, 2.05) is 0 Å². The summed E-state index contributed by atoms with van der Waals surface area (Å²) in [6.07, 6.45) is 2.10. The Balaban J connectivity index is 2.06. The summed E-state index contributed by atoms with van der Waals surface area (Å²) >= 11 is 1.23. The van der Waals surface area contributed by atoms with Gasteiger partial charge in [0.2, 0.25) is 5.88 Å². The molecule has 0 atom stereocenters. The lowest BCUT2D eigenvalue weighted by Gasteiger charge is -2.10. The minimum absolute atomic E-state index is 0.293. The molecule has 0 fully saturated rings. The van der Waals surface area contributed by atoms with Gasteiger partial charge in [-0.05, 0) is 37.6 Å². The fraction of sp³-hybridized carbons (Fsp3) is 0.222. The molecule has 0 saturated carbocycles. The van der Waals surface area contributed by atoms with Crippen molar-refractivity contribution in [1.82, 2.24) is 9.97 Å². The second kappa shape index (κ2) is 7.49. The lowest BCUT2D eigenvalue weighted by atomic mass is 10.2. The Morgan fingerprint density at radius 1 is 1.27 bits per heavy atom. The van der Waals surface area contributed by atoms with Gasteiger partial charge in [0.15, 0.2) is 11.5 Å². The van der Waals surface area contributed by atoms with E-state index >= 15 is 0 Å². The van der Waals surface area contributed by atoms with E-state index in [2.05, 4.69) is 9.97 Å². The van der Waals surface area contributed by atoms with E-state index in [1.165, 1.54) is 24.8 Å². The van der Waals surface area contributed by atoms with Crippen molar-refractivity contribution in [3.8, 4) is 17.4 Å².